The fourth-order valence-electron chi connectivity index (χ4n) is 2.52. The first-order chi connectivity index (χ1) is 10.3. The second-order valence-electron chi connectivity index (χ2n) is 5.23. The number of carbonyl (C=O) groups is 1. The Labute approximate surface area is 134 Å². The van der Waals surface area contributed by atoms with Crippen LogP contribution in [-0.2, 0) is 7.05 Å². The fraction of sp³-hybridized carbons (Fsp3) is 0.400. The maximum Gasteiger partial charge on any atom is 0.250 e. The largest absolute Gasteiger partial charge is 0.366 e. The number of nitrogens with zero attached hydrogens (tertiary/aromatic N) is 3. The zero-order valence-electron chi connectivity index (χ0n) is 13.1. The molecule has 6 nitrogen and oxygen atoms in total. The number of aryl methyl sites for hydroxylation is 2. The Bertz CT molecular complexity index is 710. The van der Waals surface area contributed by atoms with Crippen molar-refractivity contribution in [2.45, 2.75) is 33.2 Å². The van der Waals surface area contributed by atoms with Gasteiger partial charge in [0.1, 0.15) is 5.82 Å². The maximum absolute atomic E-state index is 11.1. The van der Waals surface area contributed by atoms with Gasteiger partial charge < -0.3 is 11.1 Å². The molecule has 0 aromatic carbocycles. The van der Waals surface area contributed by atoms with Gasteiger partial charge in [-0.1, -0.05) is 18.5 Å². The van der Waals surface area contributed by atoms with Crippen molar-refractivity contribution < 1.29 is 4.79 Å². The van der Waals surface area contributed by atoms with Crippen LogP contribution in [0.15, 0.2) is 12.3 Å². The summed E-state index contributed by atoms with van der Waals surface area (Å²) in [5.41, 5.74) is 8.73. The van der Waals surface area contributed by atoms with Gasteiger partial charge in [0, 0.05) is 24.5 Å². The third kappa shape index (κ3) is 3.06. The lowest BCUT2D eigenvalue weighted by Crippen LogP contribution is -2.15. The van der Waals surface area contributed by atoms with Crippen LogP contribution < -0.4 is 11.1 Å². The minimum Gasteiger partial charge on any atom is -0.366 e. The number of amides is 1. The van der Waals surface area contributed by atoms with Crippen LogP contribution in [0.3, 0.4) is 0 Å². The molecule has 0 bridgehead atoms. The molecule has 0 fully saturated rings. The predicted octanol–water partition coefficient (Wildman–Crippen LogP) is 2.75. The van der Waals surface area contributed by atoms with E-state index in [0.717, 1.165) is 23.4 Å². The van der Waals surface area contributed by atoms with Crippen LogP contribution in [0, 0.1) is 13.8 Å². The van der Waals surface area contributed by atoms with E-state index in [2.05, 4.69) is 22.3 Å². The molecule has 0 spiro atoms. The molecule has 0 aliphatic rings. The molecule has 7 heteroatoms. The average molecular weight is 322 g/mol. The summed E-state index contributed by atoms with van der Waals surface area (Å²) in [7, 11) is 1.92. The normalized spacial score (nSPS) is 12.2. The first kappa shape index (κ1) is 16.3. The number of hydrogen-bond acceptors (Lipinski definition) is 4. The van der Waals surface area contributed by atoms with Crippen LogP contribution in [0.4, 0.5) is 5.82 Å². The van der Waals surface area contributed by atoms with Crippen LogP contribution in [0.1, 0.15) is 46.7 Å². The van der Waals surface area contributed by atoms with E-state index >= 15 is 0 Å². The molecule has 1 amide bonds. The molecule has 0 radical (unpaired) electrons. The summed E-state index contributed by atoms with van der Waals surface area (Å²) in [6.45, 7) is 6.10. The first-order valence-electron chi connectivity index (χ1n) is 7.07. The number of halogens is 1. The van der Waals surface area contributed by atoms with Gasteiger partial charge in [0.2, 0.25) is 5.91 Å². The Morgan fingerprint density at radius 2 is 2.18 bits per heavy atom. The molecule has 2 rings (SSSR count). The Morgan fingerprint density at radius 3 is 2.64 bits per heavy atom. The van der Waals surface area contributed by atoms with Crippen molar-refractivity contribution in [1.82, 2.24) is 14.8 Å². The van der Waals surface area contributed by atoms with Crippen molar-refractivity contribution >= 4 is 23.3 Å². The molecule has 118 valence electrons. The number of anilines is 1. The standard InChI is InChI=1S/C15H20ClN5O/c1-5-12(13-8(2)20-21(4)9(13)3)19-15-11(16)6-10(7-18-15)14(17)22/h6-7,12H,5H2,1-4H3,(H2,17,22)(H,18,19). The minimum absolute atomic E-state index is 0.0399. The number of aromatic nitrogens is 3. The molecule has 2 aromatic rings. The number of nitrogens with one attached hydrogen (secondary N) is 1. The highest BCUT2D eigenvalue weighted by atomic mass is 35.5. The second kappa shape index (κ2) is 6.36. The Hall–Kier alpha value is -2.08. The van der Waals surface area contributed by atoms with E-state index in [1.165, 1.54) is 12.3 Å². The lowest BCUT2D eigenvalue weighted by molar-refractivity contribution is 0.1000. The number of hydrogen-bond donors (Lipinski definition) is 2. The van der Waals surface area contributed by atoms with Gasteiger partial charge in [-0.15, -0.1) is 0 Å². The SMILES string of the molecule is CCC(Nc1ncc(C(N)=O)cc1Cl)c1c(C)nn(C)c1C. The number of pyridine rings is 1. The van der Waals surface area contributed by atoms with Crippen LogP contribution in [0.5, 0.6) is 0 Å². The molecule has 0 aliphatic carbocycles. The molecule has 22 heavy (non-hydrogen) atoms. The maximum atomic E-state index is 11.1. The lowest BCUT2D eigenvalue weighted by atomic mass is 10.0. The van der Waals surface area contributed by atoms with E-state index in [0.29, 0.717) is 10.8 Å². The molecule has 2 heterocycles. The van der Waals surface area contributed by atoms with E-state index < -0.39 is 5.91 Å². The quantitative estimate of drug-likeness (QED) is 0.886. The van der Waals surface area contributed by atoms with E-state index in [4.69, 9.17) is 17.3 Å². The Balaban J connectivity index is 2.33. The van der Waals surface area contributed by atoms with Crippen LogP contribution in [-0.4, -0.2) is 20.7 Å². The Morgan fingerprint density at radius 1 is 1.50 bits per heavy atom. The number of carbonyl (C=O) groups excluding carboxylic acids is 1. The van der Waals surface area contributed by atoms with E-state index in [-0.39, 0.29) is 11.6 Å². The molecule has 1 unspecified atom stereocenters. The smallest absolute Gasteiger partial charge is 0.250 e. The highest BCUT2D eigenvalue weighted by Crippen LogP contribution is 2.30. The Kier molecular flexibility index (Phi) is 4.71. The van der Waals surface area contributed by atoms with Gasteiger partial charge in [0.25, 0.3) is 0 Å². The predicted molar refractivity (Wildman–Crippen MR) is 87.1 cm³/mol. The topological polar surface area (TPSA) is 85.8 Å². The first-order valence-corrected chi connectivity index (χ1v) is 7.44. The average Bonchev–Trinajstić information content (AvgIpc) is 2.71. The van der Waals surface area contributed by atoms with E-state index in [9.17, 15) is 4.79 Å². The molecular formula is C15H20ClN5O. The van der Waals surface area contributed by atoms with Gasteiger partial charge in [-0.25, -0.2) is 4.98 Å². The van der Waals surface area contributed by atoms with Gasteiger partial charge in [0.15, 0.2) is 0 Å². The summed E-state index contributed by atoms with van der Waals surface area (Å²) in [6, 6.07) is 1.56. The summed E-state index contributed by atoms with van der Waals surface area (Å²) in [6.07, 6.45) is 2.27. The summed E-state index contributed by atoms with van der Waals surface area (Å²) in [4.78, 5) is 15.4. The van der Waals surface area contributed by atoms with Crippen LogP contribution in [0.25, 0.3) is 0 Å². The highest BCUT2D eigenvalue weighted by Gasteiger charge is 2.20. The molecular weight excluding hydrogens is 302 g/mol. The zero-order chi connectivity index (χ0) is 16.4. The van der Waals surface area contributed by atoms with Gasteiger partial charge >= 0.3 is 0 Å². The number of rotatable bonds is 5. The number of nitrogens with two attached hydrogens (primary N) is 1. The zero-order valence-corrected chi connectivity index (χ0v) is 13.9. The molecule has 3 N–H and O–H groups in total. The lowest BCUT2D eigenvalue weighted by Gasteiger charge is -2.19. The molecule has 0 saturated carbocycles. The van der Waals surface area contributed by atoms with Crippen molar-refractivity contribution in [2.75, 3.05) is 5.32 Å². The summed E-state index contributed by atoms with van der Waals surface area (Å²) in [5, 5.41) is 8.14. The molecule has 2 aromatic heterocycles. The number of primary amides is 1. The van der Waals surface area contributed by atoms with Crippen molar-refractivity contribution in [2.24, 2.45) is 12.8 Å². The van der Waals surface area contributed by atoms with Crippen molar-refractivity contribution in [3.05, 3.63) is 39.8 Å². The van der Waals surface area contributed by atoms with Crippen molar-refractivity contribution in [3.8, 4) is 0 Å². The van der Waals surface area contributed by atoms with Crippen molar-refractivity contribution in [3.63, 3.8) is 0 Å². The second-order valence-corrected chi connectivity index (χ2v) is 5.64. The molecule has 0 saturated heterocycles. The third-order valence-electron chi connectivity index (χ3n) is 3.76. The van der Waals surface area contributed by atoms with Crippen molar-refractivity contribution in [1.29, 1.82) is 0 Å². The van der Waals surface area contributed by atoms with Gasteiger partial charge in [-0.05, 0) is 26.3 Å². The monoisotopic (exact) mass is 321 g/mol. The van der Waals surface area contributed by atoms with Gasteiger partial charge in [-0.3, -0.25) is 9.48 Å². The summed E-state index contributed by atoms with van der Waals surface area (Å²) in [5.74, 6) is -0.0203. The van der Waals surface area contributed by atoms with Crippen LogP contribution in [0.2, 0.25) is 5.02 Å². The van der Waals surface area contributed by atoms with E-state index in [1.54, 1.807) is 0 Å². The van der Waals surface area contributed by atoms with Crippen LogP contribution >= 0.6 is 11.6 Å². The summed E-state index contributed by atoms with van der Waals surface area (Å²) >= 11 is 6.19. The molecule has 1 atom stereocenters. The van der Waals surface area contributed by atoms with Gasteiger partial charge in [-0.2, -0.15) is 5.10 Å². The third-order valence-corrected chi connectivity index (χ3v) is 4.05. The highest BCUT2D eigenvalue weighted by molar-refractivity contribution is 6.33. The minimum atomic E-state index is -0.549. The van der Waals surface area contributed by atoms with Gasteiger partial charge in [0.05, 0.1) is 22.3 Å². The fourth-order valence-corrected chi connectivity index (χ4v) is 2.74. The van der Waals surface area contributed by atoms with E-state index in [1.807, 2.05) is 25.6 Å². The summed E-state index contributed by atoms with van der Waals surface area (Å²) < 4.78 is 1.86. The molecule has 0 aliphatic heterocycles.